The zero-order valence-corrected chi connectivity index (χ0v) is 19.6. The van der Waals surface area contributed by atoms with Gasteiger partial charge in [-0.15, -0.1) is 0 Å². The highest BCUT2D eigenvalue weighted by Gasteiger charge is 2.33. The van der Waals surface area contributed by atoms with Gasteiger partial charge >= 0.3 is 0 Å². The number of nitrogens with one attached hydrogen (secondary N) is 1. The Morgan fingerprint density at radius 1 is 0.938 bits per heavy atom. The van der Waals surface area contributed by atoms with E-state index in [9.17, 15) is 4.79 Å². The topological polar surface area (TPSA) is 32.3 Å². The van der Waals surface area contributed by atoms with E-state index < -0.39 is 6.04 Å². The smallest absolute Gasteiger partial charge is 0.243 e. The van der Waals surface area contributed by atoms with Crippen molar-refractivity contribution in [2.24, 2.45) is 5.92 Å². The fourth-order valence-corrected chi connectivity index (χ4v) is 5.51. The van der Waals surface area contributed by atoms with Crippen molar-refractivity contribution in [1.29, 1.82) is 0 Å². The maximum absolute atomic E-state index is 13.4. The van der Waals surface area contributed by atoms with Crippen LogP contribution in [0.2, 0.25) is 0 Å². The first-order valence-corrected chi connectivity index (χ1v) is 12.6. The molecule has 1 aliphatic carbocycles. The summed E-state index contributed by atoms with van der Waals surface area (Å²) in [5, 5.41) is 3.94. The highest BCUT2D eigenvalue weighted by atomic mass is 35.5. The van der Waals surface area contributed by atoms with Crippen LogP contribution in [0.1, 0.15) is 56.1 Å². The van der Waals surface area contributed by atoms with E-state index in [1.165, 1.54) is 24.8 Å². The molecule has 2 fully saturated rings. The van der Waals surface area contributed by atoms with Crippen LogP contribution in [-0.4, -0.2) is 36.0 Å². The Balaban J connectivity index is 1.44. The molecule has 1 saturated heterocycles. The zero-order chi connectivity index (χ0) is 22.2. The Hall–Kier alpha value is -2.10. The van der Waals surface area contributed by atoms with Crippen molar-refractivity contribution in [3.8, 4) is 0 Å². The van der Waals surface area contributed by atoms with Gasteiger partial charge in [0.15, 0.2) is 0 Å². The number of rotatable bonds is 7. The molecular weight excluding hydrogens is 416 g/mol. The molecule has 4 rings (SSSR count). The number of hydrogen-bond acceptors (Lipinski definition) is 2. The lowest BCUT2D eigenvalue weighted by atomic mass is 9.89. The van der Waals surface area contributed by atoms with Gasteiger partial charge in [0, 0.05) is 11.1 Å². The van der Waals surface area contributed by atoms with E-state index in [1.807, 2.05) is 36.4 Å². The second-order valence-corrected chi connectivity index (χ2v) is 9.79. The highest BCUT2D eigenvalue weighted by Crippen LogP contribution is 2.28. The van der Waals surface area contributed by atoms with E-state index in [0.717, 1.165) is 50.8 Å². The monoisotopic (exact) mass is 450 g/mol. The number of hydrogen-bond donors (Lipinski definition) is 1. The number of piperidine rings is 1. The summed E-state index contributed by atoms with van der Waals surface area (Å²) >= 11 is 6.85. The van der Waals surface area contributed by atoms with E-state index >= 15 is 0 Å². The van der Waals surface area contributed by atoms with Crippen molar-refractivity contribution in [3.05, 3.63) is 76.8 Å². The van der Waals surface area contributed by atoms with Crippen LogP contribution in [-0.2, 0) is 11.2 Å². The van der Waals surface area contributed by atoms with Crippen LogP contribution < -0.4 is 5.32 Å². The van der Waals surface area contributed by atoms with Crippen LogP contribution in [0.3, 0.4) is 0 Å². The Morgan fingerprint density at radius 2 is 1.56 bits per heavy atom. The maximum Gasteiger partial charge on any atom is 0.243 e. The molecule has 0 aromatic heterocycles. The summed E-state index contributed by atoms with van der Waals surface area (Å²) in [6, 6.07) is 20.7. The van der Waals surface area contributed by atoms with Crippen molar-refractivity contribution in [1.82, 2.24) is 10.2 Å². The van der Waals surface area contributed by atoms with Crippen molar-refractivity contribution in [3.63, 3.8) is 0 Å². The number of benzene rings is 2. The first-order chi connectivity index (χ1) is 15.7. The molecular formula is C28H35ClN2O. The first kappa shape index (κ1) is 23.1. The SMILES string of the molecule is O=C(NC1CCCCC1)C(C(Cl)=Cc1ccccc1)N1CCC(Cc2ccccc2)CC1. The number of carbonyl (C=O) groups is 1. The number of carbonyl (C=O) groups excluding carboxylic acids is 1. The lowest BCUT2D eigenvalue weighted by Gasteiger charge is -2.37. The third-order valence-electron chi connectivity index (χ3n) is 6.95. The second-order valence-electron chi connectivity index (χ2n) is 9.36. The molecule has 1 atom stereocenters. The molecule has 2 aromatic carbocycles. The molecule has 1 unspecified atom stereocenters. The largest absolute Gasteiger partial charge is 0.352 e. The first-order valence-electron chi connectivity index (χ1n) is 12.2. The van der Waals surface area contributed by atoms with Crippen LogP contribution in [0.5, 0.6) is 0 Å². The van der Waals surface area contributed by atoms with E-state index in [0.29, 0.717) is 11.0 Å². The van der Waals surface area contributed by atoms with Gasteiger partial charge in [-0.2, -0.15) is 0 Å². The molecule has 3 nitrogen and oxygen atoms in total. The normalized spacial score (nSPS) is 20.1. The van der Waals surface area contributed by atoms with Gasteiger partial charge in [0.1, 0.15) is 6.04 Å². The molecule has 1 N–H and O–H groups in total. The Labute approximate surface area is 197 Å². The summed E-state index contributed by atoms with van der Waals surface area (Å²) in [4.78, 5) is 15.7. The fourth-order valence-electron chi connectivity index (χ4n) is 5.14. The lowest BCUT2D eigenvalue weighted by molar-refractivity contribution is -0.126. The molecule has 0 spiro atoms. The average molecular weight is 451 g/mol. The van der Waals surface area contributed by atoms with Crippen LogP contribution in [0.15, 0.2) is 65.7 Å². The molecule has 2 aliphatic rings. The molecule has 1 aliphatic heterocycles. The minimum absolute atomic E-state index is 0.0654. The van der Waals surface area contributed by atoms with Gasteiger partial charge in [-0.3, -0.25) is 9.69 Å². The molecule has 1 saturated carbocycles. The molecule has 1 heterocycles. The molecule has 0 bridgehead atoms. The number of halogens is 1. The summed E-state index contributed by atoms with van der Waals surface area (Å²) in [6.07, 6.45) is 11.1. The second kappa shape index (κ2) is 11.7. The summed E-state index contributed by atoms with van der Waals surface area (Å²) in [7, 11) is 0. The summed E-state index contributed by atoms with van der Waals surface area (Å²) < 4.78 is 0. The third kappa shape index (κ3) is 6.46. The van der Waals surface area contributed by atoms with E-state index in [4.69, 9.17) is 11.6 Å². The predicted octanol–water partition coefficient (Wildman–Crippen LogP) is 6.04. The van der Waals surface area contributed by atoms with Gasteiger partial charge in [-0.25, -0.2) is 0 Å². The zero-order valence-electron chi connectivity index (χ0n) is 18.9. The Morgan fingerprint density at radius 3 is 2.22 bits per heavy atom. The Kier molecular flexibility index (Phi) is 8.42. The minimum atomic E-state index is -0.406. The molecule has 0 radical (unpaired) electrons. The fraction of sp³-hybridized carbons (Fsp3) is 0.464. The molecule has 4 heteroatoms. The van der Waals surface area contributed by atoms with Gasteiger partial charge in [0.05, 0.1) is 0 Å². The number of likely N-dealkylation sites (tertiary alicyclic amines) is 1. The van der Waals surface area contributed by atoms with Gasteiger partial charge < -0.3 is 5.32 Å². The van der Waals surface area contributed by atoms with Gasteiger partial charge in [0.25, 0.3) is 0 Å². The molecule has 32 heavy (non-hydrogen) atoms. The average Bonchev–Trinajstić information content (AvgIpc) is 2.82. The van der Waals surface area contributed by atoms with Crippen LogP contribution >= 0.6 is 11.6 Å². The van der Waals surface area contributed by atoms with Crippen molar-refractivity contribution >= 4 is 23.6 Å². The Bertz CT molecular complexity index is 869. The van der Waals surface area contributed by atoms with Crippen molar-refractivity contribution < 1.29 is 4.79 Å². The van der Waals surface area contributed by atoms with E-state index in [2.05, 4.69) is 40.5 Å². The van der Waals surface area contributed by atoms with E-state index in [-0.39, 0.29) is 11.9 Å². The van der Waals surface area contributed by atoms with Crippen molar-refractivity contribution in [2.45, 2.75) is 63.5 Å². The quantitative estimate of drug-likeness (QED) is 0.557. The van der Waals surface area contributed by atoms with Crippen LogP contribution in [0.4, 0.5) is 0 Å². The molecule has 2 aromatic rings. The van der Waals surface area contributed by atoms with E-state index in [1.54, 1.807) is 0 Å². The van der Waals surface area contributed by atoms with Gasteiger partial charge in [-0.05, 0) is 68.3 Å². The van der Waals surface area contributed by atoms with Crippen LogP contribution in [0.25, 0.3) is 6.08 Å². The standard InChI is InChI=1S/C28H35ClN2O/c29-26(21-23-12-6-2-7-13-23)27(28(32)30-25-14-8-3-9-15-25)31-18-16-24(17-19-31)20-22-10-4-1-5-11-22/h1-2,4-7,10-13,21,24-25,27H,3,8-9,14-20H2,(H,30,32). The number of amides is 1. The molecule has 170 valence electrons. The summed E-state index contributed by atoms with van der Waals surface area (Å²) in [5.41, 5.74) is 2.44. The van der Waals surface area contributed by atoms with Gasteiger partial charge in [0.2, 0.25) is 5.91 Å². The summed E-state index contributed by atoms with van der Waals surface area (Å²) in [5.74, 6) is 0.725. The number of nitrogens with zero attached hydrogens (tertiary/aromatic N) is 1. The maximum atomic E-state index is 13.4. The lowest BCUT2D eigenvalue weighted by Crippen LogP contribution is -2.52. The predicted molar refractivity (Wildman–Crippen MR) is 134 cm³/mol. The van der Waals surface area contributed by atoms with Gasteiger partial charge in [-0.1, -0.05) is 91.5 Å². The molecule has 1 amide bonds. The third-order valence-corrected chi connectivity index (χ3v) is 7.26. The van der Waals surface area contributed by atoms with Crippen molar-refractivity contribution in [2.75, 3.05) is 13.1 Å². The van der Waals surface area contributed by atoms with Crippen LogP contribution in [0, 0.1) is 5.92 Å². The minimum Gasteiger partial charge on any atom is -0.352 e. The summed E-state index contributed by atoms with van der Waals surface area (Å²) in [6.45, 7) is 1.80. The highest BCUT2D eigenvalue weighted by molar-refractivity contribution is 6.34.